The minimum atomic E-state index is -4.74. The topological polar surface area (TPSA) is 55.8 Å². The minimum Gasteiger partial charge on any atom is -0.395 e. The SMILES string of the molecule is CC1CCc2c(cc([Si](C)(c3ccccc3)c3ccccc3)c3c2-c2c(c([Si](C)(c4ccccc4)c4ccccc4)cc4ccccc24)OP(=O)(O)O3)C1. The summed E-state index contributed by atoms with van der Waals surface area (Å²) in [5.41, 5.74) is 4.26. The van der Waals surface area contributed by atoms with Gasteiger partial charge in [0.1, 0.15) is 27.6 Å². The summed E-state index contributed by atoms with van der Waals surface area (Å²) in [5.74, 6) is 1.45. The van der Waals surface area contributed by atoms with Crippen LogP contribution in [-0.4, -0.2) is 21.0 Å². The van der Waals surface area contributed by atoms with Gasteiger partial charge in [-0.15, -0.1) is 0 Å². The van der Waals surface area contributed by atoms with Crippen molar-refractivity contribution in [2.75, 3.05) is 0 Å². The zero-order chi connectivity index (χ0) is 37.1. The fraction of sp³-hybridized carbons (Fsp3) is 0.149. The first-order valence-corrected chi connectivity index (χ1v) is 25.4. The molecule has 7 heteroatoms. The van der Waals surface area contributed by atoms with E-state index in [2.05, 4.69) is 166 Å². The van der Waals surface area contributed by atoms with Crippen molar-refractivity contribution < 1.29 is 18.5 Å². The number of fused-ring (bicyclic) bond motifs is 7. The molecular weight excluding hydrogens is 716 g/mol. The molecule has 2 atom stereocenters. The molecule has 0 amide bonds. The predicted octanol–water partition coefficient (Wildman–Crippen LogP) is 7.70. The Labute approximate surface area is 319 Å². The Bertz CT molecular complexity index is 2480. The molecule has 4 nitrogen and oxygen atoms in total. The first-order chi connectivity index (χ1) is 26.2. The van der Waals surface area contributed by atoms with E-state index in [1.165, 1.54) is 31.9 Å². The van der Waals surface area contributed by atoms with Crippen LogP contribution in [0.15, 0.2) is 158 Å². The van der Waals surface area contributed by atoms with E-state index < -0.39 is 24.0 Å². The quantitative estimate of drug-likeness (QED) is 0.107. The maximum atomic E-state index is 14.8. The first kappa shape index (κ1) is 34.8. The van der Waals surface area contributed by atoms with Gasteiger partial charge in [0.15, 0.2) is 0 Å². The smallest absolute Gasteiger partial charge is 0.395 e. The molecule has 2 aliphatic rings. The molecule has 0 fully saturated rings. The first-order valence-electron chi connectivity index (χ1n) is 18.9. The molecule has 0 bridgehead atoms. The predicted molar refractivity (Wildman–Crippen MR) is 228 cm³/mol. The van der Waals surface area contributed by atoms with Gasteiger partial charge in [-0.25, -0.2) is 4.57 Å². The maximum absolute atomic E-state index is 14.8. The zero-order valence-corrected chi connectivity index (χ0v) is 33.7. The van der Waals surface area contributed by atoms with Crippen LogP contribution in [0.2, 0.25) is 13.1 Å². The number of phosphoric acid groups is 1. The van der Waals surface area contributed by atoms with Crippen molar-refractivity contribution in [2.45, 2.75) is 39.3 Å². The molecule has 0 saturated carbocycles. The van der Waals surface area contributed by atoms with Crippen LogP contribution in [0.4, 0.5) is 0 Å². The van der Waals surface area contributed by atoms with E-state index in [9.17, 15) is 9.46 Å². The Hall–Kier alpha value is -4.98. The monoisotopic (exact) mass is 758 g/mol. The second-order valence-corrected chi connectivity index (χ2v) is 24.5. The van der Waals surface area contributed by atoms with Crippen LogP contribution in [-0.2, 0) is 17.4 Å². The van der Waals surface area contributed by atoms with Gasteiger partial charge in [0.05, 0.1) is 0 Å². The summed E-state index contributed by atoms with van der Waals surface area (Å²) in [5, 5.41) is 8.78. The van der Waals surface area contributed by atoms with E-state index in [1.807, 2.05) is 12.1 Å². The summed E-state index contributed by atoms with van der Waals surface area (Å²) >= 11 is 0. The fourth-order valence-corrected chi connectivity index (χ4v) is 17.7. The molecule has 1 aliphatic carbocycles. The van der Waals surface area contributed by atoms with E-state index in [4.69, 9.17) is 9.05 Å². The number of phosphoric ester groups is 1. The Morgan fingerprint density at radius 3 is 1.52 bits per heavy atom. The Balaban J connectivity index is 1.47. The molecule has 0 spiro atoms. The summed E-state index contributed by atoms with van der Waals surface area (Å²) in [7, 11) is -10.5. The summed E-state index contributed by atoms with van der Waals surface area (Å²) in [6, 6.07) is 55.5. The van der Waals surface area contributed by atoms with Gasteiger partial charge >= 0.3 is 7.82 Å². The van der Waals surface area contributed by atoms with Gasteiger partial charge in [-0.05, 0) is 78.2 Å². The largest absolute Gasteiger partial charge is 0.584 e. The van der Waals surface area contributed by atoms with Gasteiger partial charge < -0.3 is 9.05 Å². The summed E-state index contributed by atoms with van der Waals surface area (Å²) < 4.78 is 28.0. The third-order valence-electron chi connectivity index (χ3n) is 12.1. The van der Waals surface area contributed by atoms with Crippen LogP contribution in [0.25, 0.3) is 21.9 Å². The molecule has 1 aliphatic heterocycles. The van der Waals surface area contributed by atoms with E-state index in [0.717, 1.165) is 51.5 Å². The normalized spacial score (nSPS) is 18.0. The number of hydrogen-bond acceptors (Lipinski definition) is 3. The maximum Gasteiger partial charge on any atom is 0.584 e. The van der Waals surface area contributed by atoms with Crippen molar-refractivity contribution in [3.8, 4) is 22.6 Å². The molecule has 54 heavy (non-hydrogen) atoms. The highest BCUT2D eigenvalue weighted by Crippen LogP contribution is 2.57. The van der Waals surface area contributed by atoms with E-state index in [0.29, 0.717) is 17.4 Å². The number of benzene rings is 7. The van der Waals surface area contributed by atoms with Crippen molar-refractivity contribution >= 4 is 65.9 Å². The lowest BCUT2D eigenvalue weighted by Gasteiger charge is -2.35. The average Bonchev–Trinajstić information content (AvgIpc) is 3.34. The van der Waals surface area contributed by atoms with Crippen molar-refractivity contribution in [1.29, 1.82) is 0 Å². The van der Waals surface area contributed by atoms with Crippen LogP contribution >= 0.6 is 7.82 Å². The summed E-state index contributed by atoms with van der Waals surface area (Å²) in [6.45, 7) is 7.02. The average molecular weight is 759 g/mol. The molecule has 0 saturated heterocycles. The second kappa shape index (κ2) is 13.4. The highest BCUT2D eigenvalue weighted by atomic mass is 31.2. The highest BCUT2D eigenvalue weighted by molar-refractivity contribution is 7.48. The lowest BCUT2D eigenvalue weighted by molar-refractivity contribution is 0.296. The van der Waals surface area contributed by atoms with Gasteiger partial charge in [0.25, 0.3) is 0 Å². The van der Waals surface area contributed by atoms with Gasteiger partial charge in [-0.3, -0.25) is 4.89 Å². The minimum absolute atomic E-state index is 0.459. The van der Waals surface area contributed by atoms with Crippen molar-refractivity contribution in [3.05, 3.63) is 169 Å². The van der Waals surface area contributed by atoms with Crippen molar-refractivity contribution in [2.24, 2.45) is 5.92 Å². The molecular formula is C47H43O4PSi2. The third kappa shape index (κ3) is 5.63. The Morgan fingerprint density at radius 2 is 1.02 bits per heavy atom. The summed E-state index contributed by atoms with van der Waals surface area (Å²) in [6.07, 6.45) is 2.79. The van der Waals surface area contributed by atoms with Gasteiger partial charge in [-0.2, -0.15) is 0 Å². The highest BCUT2D eigenvalue weighted by Gasteiger charge is 2.47. The Kier molecular flexibility index (Phi) is 8.63. The van der Waals surface area contributed by atoms with Crippen molar-refractivity contribution in [3.63, 3.8) is 0 Å². The number of hydrogen-bond donors (Lipinski definition) is 1. The van der Waals surface area contributed by atoms with E-state index in [-0.39, 0.29) is 0 Å². The third-order valence-corrected chi connectivity index (χ3v) is 21.8. The Morgan fingerprint density at radius 1 is 0.593 bits per heavy atom. The summed E-state index contributed by atoms with van der Waals surface area (Å²) in [4.78, 5) is 12.1. The molecule has 0 radical (unpaired) electrons. The van der Waals surface area contributed by atoms with Crippen LogP contribution in [0.1, 0.15) is 24.5 Å². The second-order valence-electron chi connectivity index (χ2n) is 15.3. The van der Waals surface area contributed by atoms with E-state index >= 15 is 0 Å². The fourth-order valence-electron chi connectivity index (χ4n) is 9.16. The van der Waals surface area contributed by atoms with Crippen molar-refractivity contribution in [1.82, 2.24) is 0 Å². The molecule has 0 aromatic heterocycles. The van der Waals surface area contributed by atoms with Crippen LogP contribution in [0.3, 0.4) is 0 Å². The lowest BCUT2D eigenvalue weighted by atomic mass is 9.80. The molecule has 9 rings (SSSR count). The van der Waals surface area contributed by atoms with Gasteiger partial charge in [0, 0.05) is 11.1 Å². The molecule has 1 heterocycles. The standard InChI is InChI=1S/C47H43O4PSi2/c1-33-28-29-41-35(30-33)32-43(54(3,38-23-12-6-13-24-38)39-25-14-7-15-26-39)47-45(41)44-40-27-17-16-18-34(40)31-42(46(44)50-52(48,49)51-47)53(2,36-19-8-4-9-20-36)37-21-10-5-11-22-37/h4-27,31-33H,28-30H2,1-3H3,(H,48,49). The van der Waals surface area contributed by atoms with Crippen LogP contribution in [0.5, 0.6) is 11.5 Å². The molecule has 7 aromatic carbocycles. The van der Waals surface area contributed by atoms with Crippen LogP contribution in [0, 0.1) is 5.92 Å². The van der Waals surface area contributed by atoms with Gasteiger partial charge in [0.2, 0.25) is 0 Å². The number of rotatable bonds is 6. The van der Waals surface area contributed by atoms with Gasteiger partial charge in [-0.1, -0.05) is 178 Å². The molecule has 2 unspecified atom stereocenters. The zero-order valence-electron chi connectivity index (χ0n) is 30.8. The molecule has 268 valence electrons. The van der Waals surface area contributed by atoms with Crippen LogP contribution < -0.4 is 40.2 Å². The molecule has 7 aromatic rings. The molecule has 1 N–H and O–H groups in total. The lowest BCUT2D eigenvalue weighted by Crippen LogP contribution is -2.65. The van der Waals surface area contributed by atoms with E-state index in [1.54, 1.807) is 0 Å².